The SMILES string of the molecule is CCOC(=O)CC(=N)c1ccc(F)cc1NCc1ccc([N+](=O)[O-])cc1. The van der Waals surface area contributed by atoms with Crippen molar-refractivity contribution < 1.29 is 18.8 Å². The zero-order chi connectivity index (χ0) is 19.1. The van der Waals surface area contributed by atoms with Gasteiger partial charge in [-0.3, -0.25) is 14.9 Å². The van der Waals surface area contributed by atoms with Crippen LogP contribution in [0.5, 0.6) is 0 Å². The van der Waals surface area contributed by atoms with Crippen LogP contribution in [0, 0.1) is 21.3 Å². The summed E-state index contributed by atoms with van der Waals surface area (Å²) in [4.78, 5) is 21.7. The van der Waals surface area contributed by atoms with Gasteiger partial charge in [-0.15, -0.1) is 0 Å². The molecular formula is C18H18FN3O4. The van der Waals surface area contributed by atoms with Crippen molar-refractivity contribution in [2.24, 2.45) is 0 Å². The van der Waals surface area contributed by atoms with E-state index < -0.39 is 16.7 Å². The second kappa shape index (κ2) is 8.70. The summed E-state index contributed by atoms with van der Waals surface area (Å²) in [5.74, 6) is -1.01. The molecule has 0 bridgehead atoms. The van der Waals surface area contributed by atoms with Gasteiger partial charge in [0, 0.05) is 29.9 Å². The predicted octanol–water partition coefficient (Wildman–Crippen LogP) is 3.67. The van der Waals surface area contributed by atoms with Crippen molar-refractivity contribution >= 4 is 23.1 Å². The molecule has 2 rings (SSSR count). The Labute approximate surface area is 149 Å². The number of nitrogens with one attached hydrogen (secondary N) is 2. The van der Waals surface area contributed by atoms with Crippen LogP contribution < -0.4 is 5.32 Å². The number of esters is 1. The van der Waals surface area contributed by atoms with Gasteiger partial charge in [0.25, 0.3) is 5.69 Å². The molecule has 0 amide bonds. The zero-order valence-corrected chi connectivity index (χ0v) is 14.1. The summed E-state index contributed by atoms with van der Waals surface area (Å²) in [6.45, 7) is 2.18. The number of non-ortho nitro benzene ring substituents is 1. The van der Waals surface area contributed by atoms with Crippen molar-refractivity contribution in [1.29, 1.82) is 5.41 Å². The lowest BCUT2D eigenvalue weighted by Crippen LogP contribution is -2.13. The lowest BCUT2D eigenvalue weighted by molar-refractivity contribution is -0.384. The summed E-state index contributed by atoms with van der Waals surface area (Å²) in [7, 11) is 0. The standard InChI is InChI=1S/C18H18FN3O4/c1-2-26-18(23)10-16(20)15-8-5-13(19)9-17(15)21-11-12-3-6-14(7-4-12)22(24)25/h3-9,20-21H,2,10-11H2,1H3. The van der Waals surface area contributed by atoms with Gasteiger partial charge in [0.05, 0.1) is 23.7 Å². The summed E-state index contributed by atoms with van der Waals surface area (Å²) in [5, 5.41) is 21.7. The molecule has 0 unspecified atom stereocenters. The summed E-state index contributed by atoms with van der Waals surface area (Å²) in [5.41, 5.74) is 1.49. The molecule has 2 aromatic carbocycles. The Morgan fingerprint density at radius 2 is 1.96 bits per heavy atom. The third-order valence-corrected chi connectivity index (χ3v) is 3.56. The number of halogens is 1. The van der Waals surface area contributed by atoms with Crippen LogP contribution in [0.3, 0.4) is 0 Å². The van der Waals surface area contributed by atoms with Crippen molar-refractivity contribution in [2.75, 3.05) is 11.9 Å². The Kier molecular flexibility index (Phi) is 6.37. The van der Waals surface area contributed by atoms with Crippen LogP contribution in [0.2, 0.25) is 0 Å². The summed E-state index contributed by atoms with van der Waals surface area (Å²) in [6.07, 6.45) is -0.217. The van der Waals surface area contributed by atoms with Gasteiger partial charge in [0.1, 0.15) is 5.82 Å². The van der Waals surface area contributed by atoms with Gasteiger partial charge in [-0.25, -0.2) is 4.39 Å². The Hall–Kier alpha value is -3.29. The third-order valence-electron chi connectivity index (χ3n) is 3.56. The highest BCUT2D eigenvalue weighted by Gasteiger charge is 2.14. The van der Waals surface area contributed by atoms with Gasteiger partial charge in [-0.1, -0.05) is 12.1 Å². The molecule has 0 saturated heterocycles. The molecule has 0 heterocycles. The van der Waals surface area contributed by atoms with E-state index in [1.807, 2.05) is 0 Å². The number of nitro groups is 1. The number of carbonyl (C=O) groups is 1. The summed E-state index contributed by atoms with van der Waals surface area (Å²) < 4.78 is 18.4. The molecule has 26 heavy (non-hydrogen) atoms. The fourth-order valence-corrected chi connectivity index (χ4v) is 2.31. The molecule has 0 atom stereocenters. The summed E-state index contributed by atoms with van der Waals surface area (Å²) in [6, 6.07) is 9.82. The largest absolute Gasteiger partial charge is 0.466 e. The number of carbonyl (C=O) groups excluding carboxylic acids is 1. The molecule has 8 heteroatoms. The van der Waals surface area contributed by atoms with Gasteiger partial charge < -0.3 is 15.5 Å². The quantitative estimate of drug-likeness (QED) is 0.324. The molecule has 0 aliphatic carbocycles. The van der Waals surface area contributed by atoms with Crippen molar-refractivity contribution in [2.45, 2.75) is 19.9 Å². The van der Waals surface area contributed by atoms with Gasteiger partial charge in [0.15, 0.2) is 0 Å². The van der Waals surface area contributed by atoms with Gasteiger partial charge >= 0.3 is 5.97 Å². The van der Waals surface area contributed by atoms with Crippen molar-refractivity contribution in [3.63, 3.8) is 0 Å². The van der Waals surface area contributed by atoms with Crippen LogP contribution >= 0.6 is 0 Å². The Bertz CT molecular complexity index is 822. The number of benzene rings is 2. The van der Waals surface area contributed by atoms with E-state index in [-0.39, 0.29) is 31.0 Å². The van der Waals surface area contributed by atoms with Gasteiger partial charge in [-0.05, 0) is 30.7 Å². The number of rotatable bonds is 8. The topological polar surface area (TPSA) is 105 Å². The van der Waals surface area contributed by atoms with Crippen LogP contribution in [0.4, 0.5) is 15.8 Å². The van der Waals surface area contributed by atoms with Crippen LogP contribution in [-0.4, -0.2) is 23.2 Å². The molecule has 0 aliphatic heterocycles. The van der Waals surface area contributed by atoms with Gasteiger partial charge in [-0.2, -0.15) is 0 Å². The van der Waals surface area contributed by atoms with Crippen LogP contribution in [0.25, 0.3) is 0 Å². The highest BCUT2D eigenvalue weighted by molar-refractivity contribution is 6.10. The number of nitrogens with zero attached hydrogens (tertiary/aromatic N) is 1. The number of nitro benzene ring substituents is 1. The average molecular weight is 359 g/mol. The predicted molar refractivity (Wildman–Crippen MR) is 94.9 cm³/mol. The lowest BCUT2D eigenvalue weighted by atomic mass is 10.0. The fourth-order valence-electron chi connectivity index (χ4n) is 2.31. The Morgan fingerprint density at radius 1 is 1.27 bits per heavy atom. The van der Waals surface area contributed by atoms with E-state index in [9.17, 15) is 19.3 Å². The molecule has 2 aromatic rings. The molecule has 0 spiro atoms. The van der Waals surface area contributed by atoms with Crippen LogP contribution in [0.15, 0.2) is 42.5 Å². The van der Waals surface area contributed by atoms with Crippen molar-refractivity contribution in [3.8, 4) is 0 Å². The molecule has 7 nitrogen and oxygen atoms in total. The molecule has 2 N–H and O–H groups in total. The van der Waals surface area contributed by atoms with Crippen molar-refractivity contribution in [1.82, 2.24) is 0 Å². The van der Waals surface area contributed by atoms with E-state index in [0.29, 0.717) is 11.3 Å². The number of anilines is 1. The lowest BCUT2D eigenvalue weighted by Gasteiger charge is -2.13. The number of hydrogen-bond donors (Lipinski definition) is 2. The van der Waals surface area contributed by atoms with E-state index in [0.717, 1.165) is 5.56 Å². The van der Waals surface area contributed by atoms with E-state index in [4.69, 9.17) is 10.1 Å². The highest BCUT2D eigenvalue weighted by Crippen LogP contribution is 2.21. The second-order valence-corrected chi connectivity index (χ2v) is 5.43. The first-order valence-corrected chi connectivity index (χ1v) is 7.91. The molecule has 0 fully saturated rings. The minimum absolute atomic E-state index is 0.00893. The first kappa shape index (κ1) is 19.0. The minimum atomic E-state index is -0.525. The van der Waals surface area contributed by atoms with Gasteiger partial charge in [0.2, 0.25) is 0 Å². The maximum atomic E-state index is 13.6. The average Bonchev–Trinajstić information content (AvgIpc) is 2.60. The molecular weight excluding hydrogens is 341 g/mol. The molecule has 0 radical (unpaired) electrons. The maximum Gasteiger partial charge on any atom is 0.311 e. The maximum absolute atomic E-state index is 13.6. The number of ether oxygens (including phenoxy) is 1. The van der Waals surface area contributed by atoms with E-state index in [1.165, 1.54) is 30.3 Å². The van der Waals surface area contributed by atoms with Crippen molar-refractivity contribution in [3.05, 3.63) is 69.5 Å². The Balaban J connectivity index is 2.12. The highest BCUT2D eigenvalue weighted by atomic mass is 19.1. The first-order valence-electron chi connectivity index (χ1n) is 7.91. The normalized spacial score (nSPS) is 10.2. The zero-order valence-electron chi connectivity index (χ0n) is 14.1. The summed E-state index contributed by atoms with van der Waals surface area (Å²) >= 11 is 0. The van der Waals surface area contributed by atoms with E-state index in [2.05, 4.69) is 5.32 Å². The monoisotopic (exact) mass is 359 g/mol. The minimum Gasteiger partial charge on any atom is -0.466 e. The van der Waals surface area contributed by atoms with E-state index in [1.54, 1.807) is 19.1 Å². The van der Waals surface area contributed by atoms with E-state index >= 15 is 0 Å². The molecule has 136 valence electrons. The second-order valence-electron chi connectivity index (χ2n) is 5.43. The molecule has 0 aliphatic rings. The van der Waals surface area contributed by atoms with Crippen LogP contribution in [0.1, 0.15) is 24.5 Å². The van der Waals surface area contributed by atoms with Crippen LogP contribution in [-0.2, 0) is 16.1 Å². The Morgan fingerprint density at radius 3 is 2.58 bits per heavy atom. The first-order chi connectivity index (χ1) is 12.4. The number of hydrogen-bond acceptors (Lipinski definition) is 6. The molecule has 0 aromatic heterocycles. The smallest absolute Gasteiger partial charge is 0.311 e. The molecule has 0 saturated carbocycles. The fraction of sp³-hybridized carbons (Fsp3) is 0.222. The third kappa shape index (κ3) is 5.10.